The first-order valence-electron chi connectivity index (χ1n) is 13.2. The molecule has 0 spiro atoms. The third-order valence-electron chi connectivity index (χ3n) is 6.27. The van der Waals surface area contributed by atoms with Gasteiger partial charge in [-0.2, -0.15) is 30.7 Å². The van der Waals surface area contributed by atoms with Crippen LogP contribution in [0.4, 0.5) is 49.6 Å². The molecule has 0 saturated carbocycles. The molecule has 1 atom stereocenters. The number of benzene rings is 4. The highest BCUT2D eigenvalue weighted by Gasteiger charge is 2.44. The number of ether oxygens (including phenoxy) is 3. The highest BCUT2D eigenvalue weighted by atomic mass is 19.4. The molecule has 46 heavy (non-hydrogen) atoms. The van der Waals surface area contributed by atoms with Crippen molar-refractivity contribution in [1.82, 2.24) is 0 Å². The lowest BCUT2D eigenvalue weighted by molar-refractivity contribution is -0.274. The van der Waals surface area contributed by atoms with Crippen molar-refractivity contribution in [2.75, 3.05) is 11.4 Å². The second-order valence-electron chi connectivity index (χ2n) is 9.69. The van der Waals surface area contributed by atoms with Crippen molar-refractivity contribution >= 4 is 5.69 Å². The molecule has 0 saturated heterocycles. The number of alkyl halides is 10. The Labute approximate surface area is 255 Å². The predicted octanol–water partition coefficient (Wildman–Crippen LogP) is 9.37. The number of anilines is 1. The summed E-state index contributed by atoms with van der Waals surface area (Å²) in [4.78, 5) is 1.31. The molecule has 246 valence electrons. The fraction of sp³-hybridized carbons (Fsp3) is 0.226. The van der Waals surface area contributed by atoms with Crippen LogP contribution in [0.2, 0.25) is 0 Å². The summed E-state index contributed by atoms with van der Waals surface area (Å²) in [5.41, 5.74) is -1.34. The molecule has 0 aromatic heterocycles. The Hall–Kier alpha value is -4.66. The SMILES string of the molecule is OC(CN(Cc1cccc(OC(F)(F)C(F)F)c1)c1ccccc1Oc1cccc(OC(F)(F)F)c1)c1ccccc1C(F)(F)F. The molecule has 0 aliphatic heterocycles. The Balaban J connectivity index is 1.72. The third-order valence-corrected chi connectivity index (χ3v) is 6.27. The second kappa shape index (κ2) is 13.8. The van der Waals surface area contributed by atoms with E-state index in [2.05, 4.69) is 9.47 Å². The summed E-state index contributed by atoms with van der Waals surface area (Å²) in [6, 6.07) is 19.2. The molecule has 0 aliphatic carbocycles. The monoisotopic (exact) mass is 663 g/mol. The molecular weight excluding hydrogens is 640 g/mol. The average molecular weight is 664 g/mol. The molecule has 4 aromatic rings. The van der Waals surface area contributed by atoms with Gasteiger partial charge in [0, 0.05) is 19.2 Å². The fourth-order valence-corrected chi connectivity index (χ4v) is 4.40. The number of hydrogen-bond donors (Lipinski definition) is 1. The lowest BCUT2D eigenvalue weighted by atomic mass is 10.0. The number of rotatable bonds is 12. The van der Waals surface area contributed by atoms with Gasteiger partial charge in [-0.25, -0.2) is 0 Å². The number of nitrogens with zero attached hydrogens (tertiary/aromatic N) is 1. The maximum absolute atomic E-state index is 13.7. The zero-order valence-electron chi connectivity index (χ0n) is 23.2. The van der Waals surface area contributed by atoms with E-state index in [9.17, 15) is 49.0 Å². The van der Waals surface area contributed by atoms with E-state index in [-0.39, 0.29) is 29.3 Å². The van der Waals surface area contributed by atoms with Gasteiger partial charge in [-0.3, -0.25) is 0 Å². The van der Waals surface area contributed by atoms with Crippen LogP contribution in [-0.2, 0) is 12.7 Å². The molecule has 0 radical (unpaired) electrons. The van der Waals surface area contributed by atoms with Crippen LogP contribution >= 0.6 is 0 Å². The van der Waals surface area contributed by atoms with Gasteiger partial charge in [0.15, 0.2) is 5.75 Å². The van der Waals surface area contributed by atoms with E-state index in [1.54, 1.807) is 0 Å². The Morgan fingerprint density at radius 1 is 0.674 bits per heavy atom. The molecule has 5 nitrogen and oxygen atoms in total. The minimum atomic E-state index is -4.99. The second-order valence-corrected chi connectivity index (χ2v) is 9.69. The number of halogens is 10. The van der Waals surface area contributed by atoms with Crippen LogP contribution in [0.25, 0.3) is 0 Å². The molecule has 4 rings (SSSR count). The molecule has 4 aromatic carbocycles. The minimum absolute atomic E-state index is 0.0281. The summed E-state index contributed by atoms with van der Waals surface area (Å²) in [6.45, 7) is -0.872. The van der Waals surface area contributed by atoms with Gasteiger partial charge in [-0.1, -0.05) is 48.5 Å². The predicted molar refractivity (Wildman–Crippen MR) is 145 cm³/mol. The van der Waals surface area contributed by atoms with Gasteiger partial charge in [0.2, 0.25) is 0 Å². The van der Waals surface area contributed by atoms with Crippen molar-refractivity contribution in [3.8, 4) is 23.0 Å². The Bertz CT molecular complexity index is 1610. The summed E-state index contributed by atoms with van der Waals surface area (Å²) in [7, 11) is 0. The zero-order chi connectivity index (χ0) is 33.7. The highest BCUT2D eigenvalue weighted by molar-refractivity contribution is 5.60. The van der Waals surface area contributed by atoms with Crippen LogP contribution < -0.4 is 19.1 Å². The molecule has 15 heteroatoms. The zero-order valence-corrected chi connectivity index (χ0v) is 23.2. The first-order chi connectivity index (χ1) is 21.5. The number of aliphatic hydroxyl groups excluding tert-OH is 1. The standard InChI is InChI=1S/C31H23F10NO4/c32-28(33)30(37,38)45-21-9-5-7-19(15-21)17-42(18-26(43)23-11-1-2-12-24(23)29(34,35)36)25-13-3-4-14-27(25)44-20-8-6-10-22(16-20)46-31(39,40)41/h1-16,26,28,43H,17-18H2. The van der Waals surface area contributed by atoms with Gasteiger partial charge >= 0.3 is 25.1 Å². The van der Waals surface area contributed by atoms with Gasteiger partial charge in [0.25, 0.3) is 0 Å². The Morgan fingerprint density at radius 2 is 1.28 bits per heavy atom. The van der Waals surface area contributed by atoms with Crippen LogP contribution in [0, 0.1) is 0 Å². The van der Waals surface area contributed by atoms with Crippen LogP contribution in [0.15, 0.2) is 97.1 Å². The number of para-hydroxylation sites is 2. The van der Waals surface area contributed by atoms with Crippen LogP contribution in [-0.4, -0.2) is 30.5 Å². The van der Waals surface area contributed by atoms with Gasteiger partial charge in [-0.15, -0.1) is 13.2 Å². The van der Waals surface area contributed by atoms with Crippen molar-refractivity contribution in [2.24, 2.45) is 0 Å². The molecule has 1 unspecified atom stereocenters. The van der Waals surface area contributed by atoms with Crippen molar-refractivity contribution < 1.29 is 63.2 Å². The van der Waals surface area contributed by atoms with E-state index in [1.807, 2.05) is 0 Å². The maximum Gasteiger partial charge on any atom is 0.573 e. The lowest BCUT2D eigenvalue weighted by Crippen LogP contribution is -2.33. The van der Waals surface area contributed by atoms with Crippen molar-refractivity contribution in [3.63, 3.8) is 0 Å². The molecular formula is C31H23F10NO4. The summed E-state index contributed by atoms with van der Waals surface area (Å²) >= 11 is 0. The van der Waals surface area contributed by atoms with E-state index in [0.717, 1.165) is 42.5 Å². The molecule has 0 heterocycles. The van der Waals surface area contributed by atoms with Crippen LogP contribution in [0.5, 0.6) is 23.0 Å². The average Bonchev–Trinajstić information content (AvgIpc) is 2.96. The summed E-state index contributed by atoms with van der Waals surface area (Å²) < 4.78 is 146. The van der Waals surface area contributed by atoms with Gasteiger partial charge in [0.05, 0.1) is 17.4 Å². The molecule has 0 amide bonds. The summed E-state index contributed by atoms with van der Waals surface area (Å²) in [6.07, 6.45) is -20.6. The van der Waals surface area contributed by atoms with Gasteiger partial charge in [-0.05, 0) is 53.6 Å². The quantitative estimate of drug-likeness (QED) is 0.153. The van der Waals surface area contributed by atoms with E-state index < -0.39 is 60.3 Å². The van der Waals surface area contributed by atoms with Crippen LogP contribution in [0.3, 0.4) is 0 Å². The first kappa shape index (κ1) is 34.2. The maximum atomic E-state index is 13.7. The minimum Gasteiger partial charge on any atom is -0.455 e. The molecule has 0 aliphatic rings. The summed E-state index contributed by atoms with van der Waals surface area (Å²) in [5, 5.41) is 11.1. The Kier molecular flexibility index (Phi) is 10.2. The third kappa shape index (κ3) is 9.19. The smallest absolute Gasteiger partial charge is 0.455 e. The van der Waals surface area contributed by atoms with Gasteiger partial charge in [0.1, 0.15) is 17.2 Å². The Morgan fingerprint density at radius 3 is 1.96 bits per heavy atom. The molecule has 1 N–H and O–H groups in total. The van der Waals surface area contributed by atoms with Crippen molar-refractivity contribution in [3.05, 3.63) is 114 Å². The van der Waals surface area contributed by atoms with E-state index in [0.29, 0.717) is 0 Å². The summed E-state index contributed by atoms with van der Waals surface area (Å²) in [5.74, 6) is -1.39. The fourth-order valence-electron chi connectivity index (χ4n) is 4.40. The van der Waals surface area contributed by atoms with Crippen LogP contribution in [0.1, 0.15) is 22.8 Å². The van der Waals surface area contributed by atoms with Gasteiger partial charge < -0.3 is 24.2 Å². The molecule has 0 fully saturated rings. The number of hydrogen-bond acceptors (Lipinski definition) is 5. The van der Waals surface area contributed by atoms with Crippen molar-refractivity contribution in [1.29, 1.82) is 0 Å². The van der Waals surface area contributed by atoms with Crippen molar-refractivity contribution in [2.45, 2.75) is 37.7 Å². The molecule has 0 bridgehead atoms. The largest absolute Gasteiger partial charge is 0.573 e. The van der Waals surface area contributed by atoms with E-state index in [4.69, 9.17) is 4.74 Å². The normalized spacial score (nSPS) is 13.0. The first-order valence-corrected chi connectivity index (χ1v) is 13.2. The topological polar surface area (TPSA) is 51.2 Å². The van der Waals surface area contributed by atoms with E-state index >= 15 is 0 Å². The van der Waals surface area contributed by atoms with E-state index in [1.165, 1.54) is 59.5 Å². The number of aliphatic hydroxyl groups is 1. The highest BCUT2D eigenvalue weighted by Crippen LogP contribution is 2.39. The lowest BCUT2D eigenvalue weighted by Gasteiger charge is -2.30.